The number of nitrogens with two attached hydrogens (primary N) is 1. The van der Waals surface area contributed by atoms with E-state index < -0.39 is 75.6 Å². The summed E-state index contributed by atoms with van der Waals surface area (Å²) in [6, 6.07) is 7.55. The molecule has 8 atom stereocenters. The predicted molar refractivity (Wildman–Crippen MR) is 173 cm³/mol. The van der Waals surface area contributed by atoms with E-state index in [2.05, 4.69) is 10.6 Å². The first-order valence-corrected chi connectivity index (χ1v) is 15.9. The molecule has 0 aliphatic heterocycles. The van der Waals surface area contributed by atoms with Gasteiger partial charge in [0.25, 0.3) is 0 Å². The molecule has 8 N–H and O–H groups in total. The van der Waals surface area contributed by atoms with Gasteiger partial charge in [-0.3, -0.25) is 14.4 Å². The molecule has 47 heavy (non-hydrogen) atoms. The maximum atomic E-state index is 14.6. The third kappa shape index (κ3) is 4.99. The number of phenols is 1. The molecular weight excluding hydrogens is 606 g/mol. The highest BCUT2D eigenvalue weighted by Gasteiger charge is 2.76. The first-order valence-electron chi connectivity index (χ1n) is 15.9. The molecule has 0 radical (unpaired) electrons. The highest BCUT2D eigenvalue weighted by molar-refractivity contribution is 6.10. The van der Waals surface area contributed by atoms with Gasteiger partial charge in [0.15, 0.2) is 17.2 Å². The maximum absolute atomic E-state index is 14.6. The van der Waals surface area contributed by atoms with Crippen molar-refractivity contribution in [3.8, 4) is 11.5 Å². The Balaban J connectivity index is 1.61. The molecule has 5 rings (SSSR count). The second-order valence-electron chi connectivity index (χ2n) is 14.7. The highest BCUT2D eigenvalue weighted by Crippen LogP contribution is 2.66. The maximum Gasteiger partial charge on any atom is 0.323 e. The summed E-state index contributed by atoms with van der Waals surface area (Å²) in [7, 11) is 1.52. The number of methoxy groups -OCH3 is 1. The number of ether oxygens (including phenoxy) is 1. The molecule has 0 spiro atoms. The van der Waals surface area contributed by atoms with Crippen molar-refractivity contribution in [1.82, 2.24) is 0 Å². The Labute approximate surface area is 273 Å². The number of urea groups is 1. The number of hydrogen-bond acceptors (Lipinski definition) is 9. The molecule has 2 fully saturated rings. The number of hydrogen-bond donors (Lipinski definition) is 7. The van der Waals surface area contributed by atoms with E-state index >= 15 is 0 Å². The molecule has 0 heterocycles. The molecule has 3 aliphatic rings. The van der Waals surface area contributed by atoms with E-state index in [4.69, 9.17) is 10.5 Å². The SMILES string of the molecule is COc1ccc(NC(=O)Nc2cc(C(C)C)c3c(c2O)C(=O)[C@@H]2C(O)[C@@]4(O)C(=O)[C@H](C(N)=O)C(O)[C@H](C(C)C)[C@@]4(C)C[C@@]2(C)C3)cc1. The van der Waals surface area contributed by atoms with Crippen LogP contribution >= 0.6 is 0 Å². The second kappa shape index (κ2) is 11.6. The summed E-state index contributed by atoms with van der Waals surface area (Å²) in [4.78, 5) is 53.9. The first-order chi connectivity index (χ1) is 21.8. The molecule has 12 heteroatoms. The second-order valence-corrected chi connectivity index (χ2v) is 14.7. The first kappa shape index (κ1) is 34.3. The molecule has 2 aromatic carbocycles. The Morgan fingerprint density at radius 2 is 1.66 bits per heavy atom. The molecule has 0 bridgehead atoms. The summed E-state index contributed by atoms with van der Waals surface area (Å²) in [5.41, 5.74) is 2.01. The van der Waals surface area contributed by atoms with Crippen LogP contribution in [0.4, 0.5) is 16.2 Å². The van der Waals surface area contributed by atoms with Crippen molar-refractivity contribution < 1.29 is 44.3 Å². The standard InChI is InChI=1S/C35H45N3O9/c1-15(2)19-12-21(38-32(45)37-17-8-10-18(47-7)11-9-17)26(39)22-20(19)13-33(5)14-34(6)24(16(3)4)28(41)23(31(36)44)29(42)35(34,46)30(43)25(33)27(22)40/h8-12,15-16,23-25,28,30,39,41,43,46H,13-14H2,1-7H3,(H2,36,44)(H2,37,38,45)/t23-,24+,25-,28?,30?,33-,34-,35+/m1/s1. The lowest BCUT2D eigenvalue weighted by atomic mass is 9.39. The van der Waals surface area contributed by atoms with Gasteiger partial charge in [0.1, 0.15) is 23.5 Å². The molecule has 0 saturated heterocycles. The molecule has 12 nitrogen and oxygen atoms in total. The van der Waals surface area contributed by atoms with Gasteiger partial charge < -0.3 is 41.5 Å². The van der Waals surface area contributed by atoms with Gasteiger partial charge >= 0.3 is 6.03 Å². The molecule has 2 saturated carbocycles. The third-order valence-corrected chi connectivity index (χ3v) is 11.0. The van der Waals surface area contributed by atoms with Crippen molar-refractivity contribution in [2.45, 2.75) is 78.1 Å². The van der Waals surface area contributed by atoms with Gasteiger partial charge in [-0.2, -0.15) is 0 Å². The van der Waals surface area contributed by atoms with Crippen LogP contribution in [0.15, 0.2) is 30.3 Å². The molecular formula is C35H45N3O9. The fourth-order valence-electron chi connectivity index (χ4n) is 9.20. The van der Waals surface area contributed by atoms with Gasteiger partial charge in [0.2, 0.25) is 5.91 Å². The van der Waals surface area contributed by atoms with Crippen LogP contribution in [-0.2, 0) is 16.0 Å². The van der Waals surface area contributed by atoms with Crippen LogP contribution in [0.5, 0.6) is 11.5 Å². The fourth-order valence-corrected chi connectivity index (χ4v) is 9.20. The van der Waals surface area contributed by atoms with Crippen LogP contribution in [0.2, 0.25) is 0 Å². The summed E-state index contributed by atoms with van der Waals surface area (Å²) in [6.07, 6.45) is -3.26. The molecule has 254 valence electrons. The summed E-state index contributed by atoms with van der Waals surface area (Å²) in [5, 5.41) is 52.5. The van der Waals surface area contributed by atoms with Gasteiger partial charge in [0.05, 0.1) is 30.4 Å². The molecule has 3 aliphatic carbocycles. The lowest BCUT2D eigenvalue weighted by molar-refractivity contribution is -0.265. The topological polar surface area (TPSA) is 209 Å². The number of Topliss-reactive ketones (excluding diaryl/α,β-unsaturated/α-hetero) is 2. The molecule has 2 aromatic rings. The molecule has 0 aromatic heterocycles. The van der Waals surface area contributed by atoms with Crippen LogP contribution in [-0.4, -0.2) is 68.8 Å². The van der Waals surface area contributed by atoms with Gasteiger partial charge in [-0.15, -0.1) is 0 Å². The van der Waals surface area contributed by atoms with Crippen LogP contribution in [0, 0.1) is 34.5 Å². The Hall–Kier alpha value is -4.00. The number of aliphatic hydroxyl groups excluding tert-OH is 2. The fraction of sp³-hybridized carbons (Fsp3) is 0.543. The van der Waals surface area contributed by atoms with Crippen molar-refractivity contribution in [2.24, 2.45) is 40.2 Å². The lowest BCUT2D eigenvalue weighted by Crippen LogP contribution is -2.79. The number of ketones is 2. The predicted octanol–water partition coefficient (Wildman–Crippen LogP) is 3.35. The van der Waals surface area contributed by atoms with Crippen molar-refractivity contribution in [3.63, 3.8) is 0 Å². The molecule has 3 amide bonds. The number of carbonyl (C=O) groups excluding carboxylic acids is 4. The Bertz CT molecular complexity index is 1640. The smallest absolute Gasteiger partial charge is 0.323 e. The average Bonchev–Trinajstić information content (AvgIpc) is 2.96. The number of aromatic hydroxyl groups is 1. The monoisotopic (exact) mass is 651 g/mol. The number of rotatable bonds is 6. The van der Waals surface area contributed by atoms with E-state index in [1.165, 1.54) is 7.11 Å². The van der Waals surface area contributed by atoms with Crippen molar-refractivity contribution >= 4 is 34.9 Å². The Morgan fingerprint density at radius 3 is 2.19 bits per heavy atom. The third-order valence-electron chi connectivity index (χ3n) is 11.0. The summed E-state index contributed by atoms with van der Waals surface area (Å²) in [6.45, 7) is 10.8. The van der Waals surface area contributed by atoms with Gasteiger partial charge in [-0.1, -0.05) is 41.5 Å². The highest BCUT2D eigenvalue weighted by atomic mass is 16.5. The Kier molecular flexibility index (Phi) is 8.48. The quantitative estimate of drug-likeness (QED) is 0.180. The van der Waals surface area contributed by atoms with Crippen molar-refractivity contribution in [1.29, 1.82) is 0 Å². The molecule has 2 unspecified atom stereocenters. The zero-order valence-corrected chi connectivity index (χ0v) is 27.7. The van der Waals surface area contributed by atoms with E-state index in [1.54, 1.807) is 58.0 Å². The minimum atomic E-state index is -2.61. The number of benzene rings is 2. The zero-order chi connectivity index (χ0) is 35.0. The Morgan fingerprint density at radius 1 is 1.04 bits per heavy atom. The normalized spacial score (nSPS) is 33.1. The van der Waals surface area contributed by atoms with E-state index in [-0.39, 0.29) is 35.9 Å². The van der Waals surface area contributed by atoms with E-state index in [1.807, 2.05) is 13.8 Å². The summed E-state index contributed by atoms with van der Waals surface area (Å²) in [5.74, 6) is -7.35. The van der Waals surface area contributed by atoms with Crippen LogP contribution in [0.25, 0.3) is 0 Å². The number of carbonyl (C=O) groups is 4. The number of primary amides is 1. The van der Waals surface area contributed by atoms with E-state index in [0.29, 0.717) is 22.6 Å². The van der Waals surface area contributed by atoms with Crippen LogP contribution in [0.1, 0.15) is 75.4 Å². The summed E-state index contributed by atoms with van der Waals surface area (Å²) < 4.78 is 5.14. The largest absolute Gasteiger partial charge is 0.505 e. The zero-order valence-electron chi connectivity index (χ0n) is 27.7. The van der Waals surface area contributed by atoms with Crippen molar-refractivity contribution in [2.75, 3.05) is 17.7 Å². The number of aliphatic hydroxyl groups is 3. The van der Waals surface area contributed by atoms with Gasteiger partial charge in [0, 0.05) is 11.1 Å². The van der Waals surface area contributed by atoms with E-state index in [9.17, 15) is 39.6 Å². The van der Waals surface area contributed by atoms with Gasteiger partial charge in [-0.25, -0.2) is 4.79 Å². The minimum Gasteiger partial charge on any atom is -0.505 e. The lowest BCUT2D eigenvalue weighted by Gasteiger charge is -2.66. The number of amides is 3. The summed E-state index contributed by atoms with van der Waals surface area (Å²) >= 11 is 0. The number of phenolic OH excluding ortho intramolecular Hbond substituents is 1. The van der Waals surface area contributed by atoms with Crippen LogP contribution in [0.3, 0.4) is 0 Å². The number of fused-ring (bicyclic) bond motifs is 3. The van der Waals surface area contributed by atoms with Crippen molar-refractivity contribution in [3.05, 3.63) is 47.0 Å². The van der Waals surface area contributed by atoms with Crippen LogP contribution < -0.4 is 21.1 Å². The van der Waals surface area contributed by atoms with E-state index in [0.717, 1.165) is 0 Å². The number of nitrogens with one attached hydrogen (secondary N) is 2. The number of anilines is 2. The minimum absolute atomic E-state index is 0.0326. The van der Waals surface area contributed by atoms with Gasteiger partial charge in [-0.05, 0) is 77.5 Å². The average molecular weight is 652 g/mol.